The largest absolute Gasteiger partial charge is 0.391 e. The number of nitrogens with zero attached hydrogens (tertiary/aromatic N) is 1. The van der Waals surface area contributed by atoms with Crippen LogP contribution < -0.4 is 0 Å². The molecule has 1 N–H and O–H groups in total. The van der Waals surface area contributed by atoms with E-state index in [0.717, 1.165) is 38.0 Å². The Labute approximate surface area is 130 Å². The van der Waals surface area contributed by atoms with Crippen molar-refractivity contribution in [2.75, 3.05) is 14.1 Å². The smallest absolute Gasteiger partial charge is 0.0723 e. The van der Waals surface area contributed by atoms with Crippen molar-refractivity contribution in [3.05, 3.63) is 35.9 Å². The van der Waals surface area contributed by atoms with Crippen LogP contribution in [-0.2, 0) is 6.42 Å². The summed E-state index contributed by atoms with van der Waals surface area (Å²) < 4.78 is 0. The van der Waals surface area contributed by atoms with Crippen LogP contribution in [0.25, 0.3) is 0 Å². The number of aryl methyl sites for hydroxylation is 1. The second kappa shape index (κ2) is 7.42. The van der Waals surface area contributed by atoms with Gasteiger partial charge in [0.25, 0.3) is 0 Å². The van der Waals surface area contributed by atoms with Gasteiger partial charge in [-0.3, -0.25) is 0 Å². The van der Waals surface area contributed by atoms with Gasteiger partial charge in [-0.1, -0.05) is 50.1 Å². The predicted molar refractivity (Wildman–Crippen MR) is 89.4 cm³/mol. The maximum Gasteiger partial charge on any atom is 0.0723 e. The van der Waals surface area contributed by atoms with Crippen molar-refractivity contribution < 1.29 is 5.11 Å². The molecule has 0 bridgehead atoms. The van der Waals surface area contributed by atoms with Gasteiger partial charge >= 0.3 is 0 Å². The third kappa shape index (κ3) is 4.08. The number of rotatable bonds is 6. The summed E-state index contributed by atoms with van der Waals surface area (Å²) in [7, 11) is 4.27. The highest BCUT2D eigenvalue weighted by Crippen LogP contribution is 2.39. The number of hydrogen-bond acceptors (Lipinski definition) is 2. The van der Waals surface area contributed by atoms with Gasteiger partial charge in [-0.05, 0) is 57.7 Å². The molecule has 0 radical (unpaired) electrons. The molecule has 0 spiro atoms. The maximum absolute atomic E-state index is 10.8. The van der Waals surface area contributed by atoms with Crippen LogP contribution in [0.2, 0.25) is 0 Å². The summed E-state index contributed by atoms with van der Waals surface area (Å²) >= 11 is 0. The first-order valence-electron chi connectivity index (χ1n) is 8.44. The summed E-state index contributed by atoms with van der Waals surface area (Å²) in [4.78, 5) is 2.29. The average molecular weight is 289 g/mol. The summed E-state index contributed by atoms with van der Waals surface area (Å²) in [6, 6.07) is 10.6. The Morgan fingerprint density at radius 2 is 2.00 bits per heavy atom. The molecule has 3 atom stereocenters. The van der Waals surface area contributed by atoms with Gasteiger partial charge in [0.05, 0.1) is 6.10 Å². The zero-order chi connectivity index (χ0) is 15.3. The first-order chi connectivity index (χ1) is 10.0. The lowest BCUT2D eigenvalue weighted by atomic mass is 9.71. The Kier molecular flexibility index (Phi) is 5.83. The van der Waals surface area contributed by atoms with Crippen molar-refractivity contribution >= 4 is 0 Å². The summed E-state index contributed by atoms with van der Waals surface area (Å²) in [5, 5.41) is 10.8. The van der Waals surface area contributed by atoms with Crippen LogP contribution in [-0.4, -0.2) is 35.7 Å². The Balaban J connectivity index is 1.91. The fourth-order valence-electron chi connectivity index (χ4n) is 3.98. The second-order valence-electron chi connectivity index (χ2n) is 7.09. The molecule has 0 heterocycles. The molecule has 1 aliphatic carbocycles. The number of aliphatic hydroxyl groups excluding tert-OH is 1. The van der Waals surface area contributed by atoms with Crippen molar-refractivity contribution in [1.29, 1.82) is 0 Å². The van der Waals surface area contributed by atoms with Gasteiger partial charge in [-0.25, -0.2) is 0 Å². The zero-order valence-electron chi connectivity index (χ0n) is 13.9. The maximum atomic E-state index is 10.8. The normalized spacial score (nSPS) is 27.8. The van der Waals surface area contributed by atoms with E-state index in [4.69, 9.17) is 0 Å². The van der Waals surface area contributed by atoms with Crippen LogP contribution in [0, 0.1) is 5.92 Å². The van der Waals surface area contributed by atoms with Crippen molar-refractivity contribution in [2.45, 2.75) is 63.5 Å². The van der Waals surface area contributed by atoms with E-state index in [-0.39, 0.29) is 11.6 Å². The molecule has 1 aromatic carbocycles. The van der Waals surface area contributed by atoms with E-state index in [2.05, 4.69) is 56.3 Å². The minimum Gasteiger partial charge on any atom is -0.391 e. The molecule has 0 saturated heterocycles. The Morgan fingerprint density at radius 1 is 1.29 bits per heavy atom. The molecule has 0 aromatic heterocycles. The molecule has 1 aromatic rings. The van der Waals surface area contributed by atoms with Gasteiger partial charge in [0.1, 0.15) is 0 Å². The van der Waals surface area contributed by atoms with Crippen molar-refractivity contribution in [3.63, 3.8) is 0 Å². The van der Waals surface area contributed by atoms with Crippen LogP contribution in [0.4, 0.5) is 0 Å². The molecular weight excluding hydrogens is 258 g/mol. The van der Waals surface area contributed by atoms with E-state index < -0.39 is 0 Å². The molecule has 21 heavy (non-hydrogen) atoms. The fraction of sp³-hybridized carbons (Fsp3) is 0.684. The highest BCUT2D eigenvalue weighted by Gasteiger charge is 2.42. The zero-order valence-corrected chi connectivity index (χ0v) is 13.9. The molecular formula is C19H31NO. The number of hydrogen-bond donors (Lipinski definition) is 1. The summed E-state index contributed by atoms with van der Waals surface area (Å²) in [6.07, 6.45) is 7.65. The lowest BCUT2D eigenvalue weighted by Gasteiger charge is -2.48. The first-order valence-corrected chi connectivity index (χ1v) is 8.44. The van der Waals surface area contributed by atoms with E-state index in [1.54, 1.807) is 0 Å². The summed E-state index contributed by atoms with van der Waals surface area (Å²) in [5.41, 5.74) is 1.37. The highest BCUT2D eigenvalue weighted by molar-refractivity contribution is 5.14. The number of benzene rings is 1. The highest BCUT2D eigenvalue weighted by atomic mass is 16.3. The third-order valence-corrected chi connectivity index (χ3v) is 5.31. The van der Waals surface area contributed by atoms with Crippen LogP contribution in [0.5, 0.6) is 0 Å². The van der Waals surface area contributed by atoms with Crippen LogP contribution in [0.3, 0.4) is 0 Å². The van der Waals surface area contributed by atoms with E-state index >= 15 is 0 Å². The van der Waals surface area contributed by atoms with Crippen LogP contribution in [0.1, 0.15) is 51.0 Å². The molecule has 3 unspecified atom stereocenters. The molecule has 0 aliphatic heterocycles. The van der Waals surface area contributed by atoms with Gasteiger partial charge < -0.3 is 10.0 Å². The van der Waals surface area contributed by atoms with Crippen molar-refractivity contribution in [3.8, 4) is 0 Å². The minimum absolute atomic E-state index is 0.00560. The molecule has 118 valence electrons. The van der Waals surface area contributed by atoms with Gasteiger partial charge in [-0.15, -0.1) is 0 Å². The lowest BCUT2D eigenvalue weighted by Crippen LogP contribution is -2.56. The number of likely N-dealkylation sites (N-methyl/N-ethyl adjacent to an activating group) is 1. The van der Waals surface area contributed by atoms with E-state index in [1.165, 1.54) is 18.4 Å². The van der Waals surface area contributed by atoms with Crippen LogP contribution >= 0.6 is 0 Å². The molecule has 2 heteroatoms. The lowest BCUT2D eigenvalue weighted by molar-refractivity contribution is -0.0473. The SMILES string of the molecule is CC1CCCC(C(O)CCCc2ccccc2)(N(C)C)C1. The molecule has 2 rings (SSSR count). The van der Waals surface area contributed by atoms with E-state index in [1.807, 2.05) is 0 Å². The van der Waals surface area contributed by atoms with Crippen molar-refractivity contribution in [2.24, 2.45) is 5.92 Å². The Hall–Kier alpha value is -0.860. The second-order valence-corrected chi connectivity index (χ2v) is 7.09. The molecule has 0 amide bonds. The van der Waals surface area contributed by atoms with E-state index in [0.29, 0.717) is 0 Å². The number of aliphatic hydroxyl groups is 1. The molecule has 1 fully saturated rings. The topological polar surface area (TPSA) is 23.5 Å². The van der Waals surface area contributed by atoms with Gasteiger partial charge in [0.15, 0.2) is 0 Å². The molecule has 1 saturated carbocycles. The minimum atomic E-state index is -0.209. The monoisotopic (exact) mass is 289 g/mol. The van der Waals surface area contributed by atoms with Crippen molar-refractivity contribution in [1.82, 2.24) is 4.90 Å². The van der Waals surface area contributed by atoms with Gasteiger partial charge in [0.2, 0.25) is 0 Å². The van der Waals surface area contributed by atoms with Gasteiger partial charge in [0, 0.05) is 5.54 Å². The molecule has 2 nitrogen and oxygen atoms in total. The fourth-order valence-corrected chi connectivity index (χ4v) is 3.98. The Bertz CT molecular complexity index is 417. The summed E-state index contributed by atoms with van der Waals surface area (Å²) in [6.45, 7) is 2.33. The average Bonchev–Trinajstić information content (AvgIpc) is 2.48. The Morgan fingerprint density at radius 3 is 2.62 bits per heavy atom. The quantitative estimate of drug-likeness (QED) is 0.859. The van der Waals surface area contributed by atoms with E-state index in [9.17, 15) is 5.11 Å². The third-order valence-electron chi connectivity index (χ3n) is 5.31. The molecule has 1 aliphatic rings. The van der Waals surface area contributed by atoms with Gasteiger partial charge in [-0.2, -0.15) is 0 Å². The summed E-state index contributed by atoms with van der Waals surface area (Å²) in [5.74, 6) is 0.727. The first kappa shape index (κ1) is 16.5. The van der Waals surface area contributed by atoms with Crippen LogP contribution in [0.15, 0.2) is 30.3 Å². The standard InChI is InChI=1S/C19H31NO/c1-16-9-8-14-19(15-16,20(2)3)18(21)13-7-12-17-10-5-4-6-11-17/h4-6,10-11,16,18,21H,7-9,12-15H2,1-3H3. The predicted octanol–water partition coefficient (Wildman–Crippen LogP) is 3.88.